The third-order valence-corrected chi connectivity index (χ3v) is 5.29. The number of hydrogen-bond donors (Lipinski definition) is 1. The molecule has 0 amide bonds. The van der Waals surface area contributed by atoms with Crippen molar-refractivity contribution in [1.82, 2.24) is 0 Å². The van der Waals surface area contributed by atoms with Gasteiger partial charge in [0.1, 0.15) is 18.3 Å². The zero-order chi connectivity index (χ0) is 21.5. The highest BCUT2D eigenvalue weighted by Crippen LogP contribution is 2.43. The molecule has 0 radical (unpaired) electrons. The van der Waals surface area contributed by atoms with Gasteiger partial charge in [0.2, 0.25) is 6.29 Å². The van der Waals surface area contributed by atoms with E-state index in [1.54, 1.807) is 25.3 Å². The van der Waals surface area contributed by atoms with Gasteiger partial charge in [-0.3, -0.25) is 0 Å². The molecule has 0 bridgehead atoms. The Hall–Kier alpha value is -1.68. The zero-order valence-electron chi connectivity index (χ0n) is 18.0. The summed E-state index contributed by atoms with van der Waals surface area (Å²) in [7, 11) is 1.57. The highest BCUT2D eigenvalue weighted by Gasteiger charge is 2.59. The van der Waals surface area contributed by atoms with E-state index in [0.717, 1.165) is 5.56 Å². The number of aliphatic hydroxyl groups is 1. The predicted molar refractivity (Wildman–Crippen MR) is 107 cm³/mol. The van der Waals surface area contributed by atoms with Crippen LogP contribution in [0.25, 0.3) is 6.08 Å². The van der Waals surface area contributed by atoms with Gasteiger partial charge in [-0.25, -0.2) is 0 Å². The molecule has 30 heavy (non-hydrogen) atoms. The van der Waals surface area contributed by atoms with Crippen molar-refractivity contribution in [2.75, 3.05) is 20.3 Å². The second kappa shape index (κ2) is 8.11. The number of rotatable bonds is 5. The van der Waals surface area contributed by atoms with E-state index in [-0.39, 0.29) is 24.9 Å². The summed E-state index contributed by atoms with van der Waals surface area (Å²) in [5.74, 6) is -0.440. The Balaban J connectivity index is 1.58. The Morgan fingerprint density at radius 1 is 1.03 bits per heavy atom. The molecule has 1 N–H and O–H groups in total. The first-order valence-corrected chi connectivity index (χ1v) is 10.2. The largest absolute Gasteiger partial charge is 0.493 e. The minimum atomic E-state index is -0.788. The Bertz CT molecular complexity index is 789. The van der Waals surface area contributed by atoms with Crippen molar-refractivity contribution in [3.05, 3.63) is 29.8 Å². The Kier molecular flexibility index (Phi) is 5.82. The van der Waals surface area contributed by atoms with E-state index in [0.29, 0.717) is 18.1 Å². The molecule has 3 fully saturated rings. The Labute approximate surface area is 176 Å². The lowest BCUT2D eigenvalue weighted by atomic mass is 9.97. The number of ether oxygens (including phenoxy) is 7. The average molecular weight is 422 g/mol. The lowest BCUT2D eigenvalue weighted by Crippen LogP contribution is -2.64. The van der Waals surface area contributed by atoms with Crippen LogP contribution >= 0.6 is 0 Å². The van der Waals surface area contributed by atoms with Gasteiger partial charge in [-0.05, 0) is 45.4 Å². The van der Waals surface area contributed by atoms with Crippen LogP contribution in [0.2, 0.25) is 0 Å². The summed E-state index contributed by atoms with van der Waals surface area (Å²) in [5.41, 5.74) is 0.883. The normalized spacial score (nSPS) is 34.4. The highest BCUT2D eigenvalue weighted by atomic mass is 16.8. The van der Waals surface area contributed by atoms with Crippen molar-refractivity contribution < 1.29 is 38.3 Å². The summed E-state index contributed by atoms with van der Waals surface area (Å²) in [6.07, 6.45) is 1.23. The molecule has 0 aromatic heterocycles. The molecular weight excluding hydrogens is 392 g/mol. The van der Waals surface area contributed by atoms with E-state index < -0.39 is 24.0 Å². The van der Waals surface area contributed by atoms with E-state index in [1.165, 1.54) is 0 Å². The zero-order valence-corrected chi connectivity index (χ0v) is 18.0. The lowest BCUT2D eigenvalue weighted by Gasteiger charge is -2.48. The van der Waals surface area contributed by atoms with Crippen LogP contribution in [-0.2, 0) is 23.7 Å². The first kappa shape index (κ1) is 21.5. The quantitative estimate of drug-likeness (QED) is 0.775. The van der Waals surface area contributed by atoms with Crippen LogP contribution in [0.3, 0.4) is 0 Å². The van der Waals surface area contributed by atoms with Crippen molar-refractivity contribution >= 4 is 6.08 Å². The summed E-state index contributed by atoms with van der Waals surface area (Å²) < 4.78 is 42.1. The number of fused-ring (bicyclic) bond motifs is 3. The number of methoxy groups -OCH3 is 1. The van der Waals surface area contributed by atoms with Crippen molar-refractivity contribution in [3.63, 3.8) is 0 Å². The molecule has 166 valence electrons. The van der Waals surface area contributed by atoms with Gasteiger partial charge < -0.3 is 38.3 Å². The molecular formula is C22H30O8. The van der Waals surface area contributed by atoms with Gasteiger partial charge in [-0.2, -0.15) is 0 Å². The van der Waals surface area contributed by atoms with Crippen LogP contribution in [0.4, 0.5) is 0 Å². The van der Waals surface area contributed by atoms with Crippen LogP contribution < -0.4 is 9.47 Å². The van der Waals surface area contributed by atoms with Gasteiger partial charge in [-0.15, -0.1) is 0 Å². The van der Waals surface area contributed by atoms with Crippen LogP contribution in [0.15, 0.2) is 24.3 Å². The average Bonchev–Trinajstić information content (AvgIpc) is 3.03. The molecule has 0 aliphatic carbocycles. The maximum atomic E-state index is 8.98. The maximum absolute atomic E-state index is 8.98. The van der Waals surface area contributed by atoms with Crippen molar-refractivity contribution in [2.45, 2.75) is 70.0 Å². The van der Waals surface area contributed by atoms with Crippen molar-refractivity contribution in [3.8, 4) is 11.5 Å². The van der Waals surface area contributed by atoms with Gasteiger partial charge in [0, 0.05) is 0 Å². The number of hydrogen-bond acceptors (Lipinski definition) is 8. The molecule has 4 rings (SSSR count). The van der Waals surface area contributed by atoms with Gasteiger partial charge >= 0.3 is 0 Å². The van der Waals surface area contributed by atoms with E-state index >= 15 is 0 Å². The van der Waals surface area contributed by atoms with Crippen LogP contribution in [0, 0.1) is 0 Å². The third kappa shape index (κ3) is 4.34. The summed E-state index contributed by atoms with van der Waals surface area (Å²) in [6.45, 7) is 7.82. The second-order valence-electron chi connectivity index (χ2n) is 8.51. The lowest BCUT2D eigenvalue weighted by molar-refractivity contribution is -0.362. The molecule has 3 saturated heterocycles. The molecule has 1 aromatic carbocycles. The Morgan fingerprint density at radius 2 is 1.77 bits per heavy atom. The first-order valence-electron chi connectivity index (χ1n) is 10.2. The summed E-state index contributed by atoms with van der Waals surface area (Å²) in [4.78, 5) is 0. The molecule has 8 heteroatoms. The maximum Gasteiger partial charge on any atom is 0.229 e. The van der Waals surface area contributed by atoms with Crippen LogP contribution in [0.5, 0.6) is 11.5 Å². The molecule has 3 aliphatic rings. The molecule has 3 heterocycles. The minimum Gasteiger partial charge on any atom is -0.493 e. The molecule has 0 unspecified atom stereocenters. The predicted octanol–water partition coefficient (Wildman–Crippen LogP) is 2.48. The van der Waals surface area contributed by atoms with E-state index in [9.17, 15) is 0 Å². The molecule has 0 saturated carbocycles. The molecule has 5 atom stereocenters. The topological polar surface area (TPSA) is 84.8 Å². The molecule has 8 nitrogen and oxygen atoms in total. The smallest absolute Gasteiger partial charge is 0.229 e. The van der Waals surface area contributed by atoms with Crippen LogP contribution in [-0.4, -0.2) is 67.7 Å². The van der Waals surface area contributed by atoms with Gasteiger partial charge in [0.25, 0.3) is 0 Å². The summed E-state index contributed by atoms with van der Waals surface area (Å²) in [5, 5.41) is 8.98. The number of aliphatic hydroxyl groups excluding tert-OH is 1. The fraction of sp³-hybridized carbons (Fsp3) is 0.636. The van der Waals surface area contributed by atoms with Crippen molar-refractivity contribution in [2.24, 2.45) is 0 Å². The fourth-order valence-electron chi connectivity index (χ4n) is 4.04. The first-order chi connectivity index (χ1) is 14.2. The standard InChI is InChI=1S/C22H30O8/c1-21(2)25-12-16-17(28-21)18-19(30-22(3,4)29-18)20(27-16)26-14-9-8-13(7-6-10-23)11-15(14)24-5/h6-9,11,16-20,23H,10,12H2,1-5H3/b7-6+/t16-,17-,18+,19+,20-/m1/s1. The Morgan fingerprint density at radius 3 is 2.50 bits per heavy atom. The SMILES string of the molecule is COc1cc(/C=C/CO)ccc1O[C@@H]1O[C@@H]2COC(C)(C)O[C@H]2[C@@H]2OC(C)(C)O[C@H]12. The van der Waals surface area contributed by atoms with Crippen LogP contribution in [0.1, 0.15) is 33.3 Å². The fourth-order valence-corrected chi connectivity index (χ4v) is 4.04. The third-order valence-electron chi connectivity index (χ3n) is 5.29. The molecule has 1 aromatic rings. The monoisotopic (exact) mass is 422 g/mol. The highest BCUT2D eigenvalue weighted by molar-refractivity contribution is 5.56. The summed E-state index contributed by atoms with van der Waals surface area (Å²) in [6, 6.07) is 5.51. The van der Waals surface area contributed by atoms with Gasteiger partial charge in [0.15, 0.2) is 29.2 Å². The molecule has 0 spiro atoms. The van der Waals surface area contributed by atoms with Gasteiger partial charge in [0.05, 0.1) is 20.3 Å². The molecule has 3 aliphatic heterocycles. The minimum absolute atomic E-state index is 0.0316. The second-order valence-corrected chi connectivity index (χ2v) is 8.51. The van der Waals surface area contributed by atoms with E-state index in [4.69, 9.17) is 38.3 Å². The van der Waals surface area contributed by atoms with E-state index in [1.807, 2.05) is 39.8 Å². The van der Waals surface area contributed by atoms with Gasteiger partial charge in [-0.1, -0.05) is 18.2 Å². The summed E-state index contributed by atoms with van der Waals surface area (Å²) >= 11 is 0. The number of benzene rings is 1. The van der Waals surface area contributed by atoms with E-state index in [2.05, 4.69) is 0 Å². The van der Waals surface area contributed by atoms with Crippen molar-refractivity contribution in [1.29, 1.82) is 0 Å².